The molecule has 0 fully saturated rings. The SMILES string of the molecule is CCCCOC(=O)CSc1nc2cc(OC)c(OC)cc2c(=O)n1CCC1=CCCCC1. The monoisotopic (exact) mass is 460 g/mol. The summed E-state index contributed by atoms with van der Waals surface area (Å²) in [6, 6.07) is 3.38. The fourth-order valence-electron chi connectivity index (χ4n) is 3.72. The molecule has 0 amide bonds. The lowest BCUT2D eigenvalue weighted by Crippen LogP contribution is -2.24. The molecule has 0 atom stereocenters. The summed E-state index contributed by atoms with van der Waals surface area (Å²) in [4.78, 5) is 30.3. The van der Waals surface area contributed by atoms with Crippen molar-refractivity contribution in [3.8, 4) is 11.5 Å². The molecule has 1 aromatic carbocycles. The van der Waals surface area contributed by atoms with E-state index in [2.05, 4.69) is 6.08 Å². The number of allylic oxidation sites excluding steroid dienone is 2. The molecule has 0 N–H and O–H groups in total. The fraction of sp³-hybridized carbons (Fsp3) is 0.542. The Kier molecular flexibility index (Phi) is 9.02. The number of carbonyl (C=O) groups is 1. The van der Waals surface area contributed by atoms with E-state index in [4.69, 9.17) is 19.2 Å². The Labute approximate surface area is 193 Å². The maximum atomic E-state index is 13.4. The van der Waals surface area contributed by atoms with Crippen LogP contribution in [0.15, 0.2) is 33.7 Å². The minimum Gasteiger partial charge on any atom is -0.493 e. The molecule has 0 saturated heterocycles. The zero-order valence-electron chi connectivity index (χ0n) is 19.1. The van der Waals surface area contributed by atoms with Crippen molar-refractivity contribution in [1.82, 2.24) is 9.55 Å². The van der Waals surface area contributed by atoms with Gasteiger partial charge in [0.2, 0.25) is 0 Å². The molecule has 2 aromatic rings. The second-order valence-corrected chi connectivity index (χ2v) is 8.74. The predicted molar refractivity (Wildman–Crippen MR) is 127 cm³/mol. The van der Waals surface area contributed by atoms with Gasteiger partial charge in [-0.2, -0.15) is 0 Å². The highest BCUT2D eigenvalue weighted by Gasteiger charge is 2.17. The van der Waals surface area contributed by atoms with Crippen LogP contribution in [0.3, 0.4) is 0 Å². The second kappa shape index (κ2) is 11.9. The molecule has 0 aliphatic heterocycles. The zero-order valence-corrected chi connectivity index (χ0v) is 20.0. The third-order valence-corrected chi connectivity index (χ3v) is 6.50. The number of unbranched alkanes of at least 4 members (excludes halogenated alkanes) is 1. The molecular formula is C24H32N2O5S. The lowest BCUT2D eigenvalue weighted by Gasteiger charge is -2.17. The largest absolute Gasteiger partial charge is 0.493 e. The van der Waals surface area contributed by atoms with E-state index in [-0.39, 0.29) is 17.3 Å². The van der Waals surface area contributed by atoms with Crippen LogP contribution in [-0.2, 0) is 16.1 Å². The number of hydrogen-bond donors (Lipinski definition) is 0. The maximum absolute atomic E-state index is 13.4. The highest BCUT2D eigenvalue weighted by molar-refractivity contribution is 7.99. The molecule has 0 saturated carbocycles. The van der Waals surface area contributed by atoms with Gasteiger partial charge in [-0.3, -0.25) is 14.2 Å². The van der Waals surface area contributed by atoms with Gasteiger partial charge in [0.25, 0.3) is 5.56 Å². The van der Waals surface area contributed by atoms with Crippen LogP contribution in [0.2, 0.25) is 0 Å². The summed E-state index contributed by atoms with van der Waals surface area (Å²) in [5.41, 5.74) is 1.75. The van der Waals surface area contributed by atoms with Crippen LogP contribution in [0, 0.1) is 0 Å². The van der Waals surface area contributed by atoms with Gasteiger partial charge >= 0.3 is 5.97 Å². The van der Waals surface area contributed by atoms with Crippen molar-refractivity contribution in [2.24, 2.45) is 0 Å². The number of methoxy groups -OCH3 is 2. The summed E-state index contributed by atoms with van der Waals surface area (Å²) in [5.74, 6) is 0.802. The van der Waals surface area contributed by atoms with Crippen molar-refractivity contribution in [2.75, 3.05) is 26.6 Å². The molecule has 1 aromatic heterocycles. The smallest absolute Gasteiger partial charge is 0.316 e. The van der Waals surface area contributed by atoms with E-state index in [1.54, 1.807) is 30.9 Å². The average Bonchev–Trinajstić information content (AvgIpc) is 2.82. The molecule has 8 heteroatoms. The summed E-state index contributed by atoms with van der Waals surface area (Å²) in [6.45, 7) is 2.99. The second-order valence-electron chi connectivity index (χ2n) is 7.80. The van der Waals surface area contributed by atoms with Crippen LogP contribution < -0.4 is 15.0 Å². The molecule has 0 unspecified atom stereocenters. The normalized spacial score (nSPS) is 13.7. The average molecular weight is 461 g/mol. The zero-order chi connectivity index (χ0) is 22.9. The Hall–Kier alpha value is -2.48. The van der Waals surface area contributed by atoms with Crippen molar-refractivity contribution in [3.63, 3.8) is 0 Å². The third-order valence-electron chi connectivity index (χ3n) is 5.55. The summed E-state index contributed by atoms with van der Waals surface area (Å²) in [7, 11) is 3.09. The number of thioether (sulfide) groups is 1. The number of hydrogen-bond acceptors (Lipinski definition) is 7. The Morgan fingerprint density at radius 1 is 1.19 bits per heavy atom. The molecule has 1 aliphatic rings. The van der Waals surface area contributed by atoms with Crippen LogP contribution in [0.4, 0.5) is 0 Å². The molecule has 174 valence electrons. The summed E-state index contributed by atoms with van der Waals surface area (Å²) in [6.07, 6.45) is 9.49. The number of aromatic nitrogens is 2. The minimum absolute atomic E-state index is 0.109. The van der Waals surface area contributed by atoms with Crippen LogP contribution in [0.5, 0.6) is 11.5 Å². The first-order chi connectivity index (χ1) is 15.6. The van der Waals surface area contributed by atoms with Crippen molar-refractivity contribution < 1.29 is 19.0 Å². The lowest BCUT2D eigenvalue weighted by molar-refractivity contribution is -0.140. The number of fused-ring (bicyclic) bond motifs is 1. The van der Waals surface area contributed by atoms with Gasteiger partial charge < -0.3 is 14.2 Å². The number of nitrogens with zero attached hydrogens (tertiary/aromatic N) is 2. The van der Waals surface area contributed by atoms with Gasteiger partial charge in [-0.15, -0.1) is 0 Å². The number of benzene rings is 1. The van der Waals surface area contributed by atoms with Gasteiger partial charge in [-0.25, -0.2) is 4.98 Å². The van der Waals surface area contributed by atoms with Crippen LogP contribution in [0.25, 0.3) is 10.9 Å². The van der Waals surface area contributed by atoms with Gasteiger partial charge in [0.1, 0.15) is 0 Å². The predicted octanol–water partition coefficient (Wildman–Crippen LogP) is 4.74. The van der Waals surface area contributed by atoms with Gasteiger partial charge in [-0.1, -0.05) is 36.8 Å². The molecule has 1 heterocycles. The minimum atomic E-state index is -0.299. The third kappa shape index (κ3) is 6.06. The molecule has 0 spiro atoms. The van der Waals surface area contributed by atoms with Crippen molar-refractivity contribution in [2.45, 2.75) is 63.6 Å². The van der Waals surface area contributed by atoms with Gasteiger partial charge in [0.15, 0.2) is 16.7 Å². The number of esters is 1. The van der Waals surface area contributed by atoms with Crippen molar-refractivity contribution in [3.05, 3.63) is 34.1 Å². The van der Waals surface area contributed by atoms with Crippen LogP contribution in [-0.4, -0.2) is 42.1 Å². The van der Waals surface area contributed by atoms with Crippen molar-refractivity contribution in [1.29, 1.82) is 0 Å². The van der Waals surface area contributed by atoms with Crippen molar-refractivity contribution >= 4 is 28.6 Å². The number of rotatable bonds is 11. The first kappa shape index (κ1) is 24.2. The first-order valence-corrected chi connectivity index (χ1v) is 12.2. The topological polar surface area (TPSA) is 79.7 Å². The Balaban J connectivity index is 1.92. The molecule has 1 aliphatic carbocycles. The standard InChI is InChI=1S/C24H32N2O5S/c1-4-5-13-31-22(27)16-32-24-25-19-15-21(30-3)20(29-2)14-18(19)23(28)26(24)12-11-17-9-7-6-8-10-17/h9,14-15H,4-8,10-13,16H2,1-3H3. The summed E-state index contributed by atoms with van der Waals surface area (Å²) in [5, 5.41) is 0.980. The lowest BCUT2D eigenvalue weighted by atomic mass is 9.97. The van der Waals surface area contributed by atoms with Gasteiger partial charge in [0.05, 0.1) is 37.5 Å². The summed E-state index contributed by atoms with van der Waals surface area (Å²) >= 11 is 1.24. The van der Waals surface area contributed by atoms with Gasteiger partial charge in [-0.05, 0) is 44.6 Å². The first-order valence-electron chi connectivity index (χ1n) is 11.2. The molecule has 7 nitrogen and oxygen atoms in total. The van der Waals surface area contributed by atoms with E-state index in [0.717, 1.165) is 32.1 Å². The highest BCUT2D eigenvalue weighted by atomic mass is 32.2. The molecule has 3 rings (SSSR count). The van der Waals surface area contributed by atoms with E-state index in [1.165, 1.54) is 30.2 Å². The number of ether oxygens (including phenoxy) is 3. The van der Waals surface area contributed by atoms with E-state index in [9.17, 15) is 9.59 Å². The van der Waals surface area contributed by atoms with E-state index < -0.39 is 0 Å². The van der Waals surface area contributed by atoms with E-state index >= 15 is 0 Å². The quantitative estimate of drug-likeness (QED) is 0.158. The Morgan fingerprint density at radius 3 is 2.66 bits per heavy atom. The fourth-order valence-corrected chi connectivity index (χ4v) is 4.54. The molecular weight excluding hydrogens is 428 g/mol. The van der Waals surface area contributed by atoms with Crippen LogP contribution >= 0.6 is 11.8 Å². The van der Waals surface area contributed by atoms with E-state index in [0.29, 0.717) is 40.7 Å². The Morgan fingerprint density at radius 2 is 1.97 bits per heavy atom. The van der Waals surface area contributed by atoms with E-state index in [1.807, 2.05) is 6.92 Å². The van der Waals surface area contributed by atoms with Gasteiger partial charge in [0, 0.05) is 12.6 Å². The summed E-state index contributed by atoms with van der Waals surface area (Å²) < 4.78 is 17.7. The Bertz CT molecular complexity index is 1030. The van der Waals surface area contributed by atoms with Crippen LogP contribution in [0.1, 0.15) is 51.9 Å². The molecule has 32 heavy (non-hydrogen) atoms. The molecule has 0 radical (unpaired) electrons. The number of carbonyl (C=O) groups excluding carboxylic acids is 1. The highest BCUT2D eigenvalue weighted by Crippen LogP contribution is 2.31. The molecule has 0 bridgehead atoms. The maximum Gasteiger partial charge on any atom is 0.316 e.